The second-order valence-electron chi connectivity index (χ2n) is 5.40. The lowest BCUT2D eigenvalue weighted by Gasteiger charge is -2.16. The summed E-state index contributed by atoms with van der Waals surface area (Å²) in [5, 5.41) is 2.23. The molecule has 1 aromatic rings. The van der Waals surface area contributed by atoms with Crippen LogP contribution in [0.4, 0.5) is 17.6 Å². The molecule has 0 fully saturated rings. The molecule has 6 nitrogen and oxygen atoms in total. The molecule has 2 atom stereocenters. The summed E-state index contributed by atoms with van der Waals surface area (Å²) in [4.78, 5) is 22.8. The maximum atomic E-state index is 14.4. The average Bonchev–Trinajstić information content (AvgIpc) is 2.58. The molecular formula is C16H20F4N2O4. The molecule has 1 aromatic carbocycles. The van der Waals surface area contributed by atoms with Gasteiger partial charge in [0.05, 0.1) is 13.2 Å². The average molecular weight is 380 g/mol. The van der Waals surface area contributed by atoms with Crippen LogP contribution in [-0.4, -0.2) is 44.1 Å². The van der Waals surface area contributed by atoms with Crippen molar-refractivity contribution in [1.82, 2.24) is 5.32 Å². The molecule has 1 amide bonds. The standard InChI is InChI=1S/C16H20F4N2O4/c1-8(16(24)25-2)26-12-4-3-10(17)9(14(12)20)5-6-22-15(23)11(21)7-13(18)19/h3-4,8,11,13H,5-7,21H2,1-2H3,(H,22,23). The van der Waals surface area contributed by atoms with E-state index in [1.165, 1.54) is 6.92 Å². The summed E-state index contributed by atoms with van der Waals surface area (Å²) in [5.41, 5.74) is 4.89. The number of carbonyl (C=O) groups excluding carboxylic acids is 2. The number of carbonyl (C=O) groups is 2. The highest BCUT2D eigenvalue weighted by Gasteiger charge is 2.21. The van der Waals surface area contributed by atoms with Gasteiger partial charge < -0.3 is 20.5 Å². The van der Waals surface area contributed by atoms with Crippen molar-refractivity contribution in [2.75, 3.05) is 13.7 Å². The Kier molecular flexibility index (Phi) is 8.30. The lowest BCUT2D eigenvalue weighted by Crippen LogP contribution is -2.42. The number of rotatable bonds is 9. The molecule has 0 saturated heterocycles. The lowest BCUT2D eigenvalue weighted by atomic mass is 10.1. The van der Waals surface area contributed by atoms with Crippen LogP contribution in [0, 0.1) is 11.6 Å². The monoisotopic (exact) mass is 380 g/mol. The SMILES string of the molecule is COC(=O)C(C)Oc1ccc(F)c(CCNC(=O)C(N)CC(F)F)c1F. The van der Waals surface area contributed by atoms with Crippen LogP contribution in [0.1, 0.15) is 18.9 Å². The van der Waals surface area contributed by atoms with Crippen LogP contribution < -0.4 is 15.8 Å². The highest BCUT2D eigenvalue weighted by atomic mass is 19.3. The Morgan fingerprint density at radius 1 is 1.27 bits per heavy atom. The summed E-state index contributed by atoms with van der Waals surface area (Å²) < 4.78 is 62.1. The molecule has 3 N–H and O–H groups in total. The summed E-state index contributed by atoms with van der Waals surface area (Å²) in [6.45, 7) is 1.11. The zero-order chi connectivity index (χ0) is 19.9. The number of halogens is 4. The Labute approximate surface area is 147 Å². The predicted molar refractivity (Wildman–Crippen MR) is 83.8 cm³/mol. The number of ether oxygens (including phenoxy) is 2. The number of benzene rings is 1. The first-order valence-corrected chi connectivity index (χ1v) is 7.70. The van der Waals surface area contributed by atoms with E-state index in [4.69, 9.17) is 10.5 Å². The molecule has 26 heavy (non-hydrogen) atoms. The van der Waals surface area contributed by atoms with Crippen LogP contribution in [0.3, 0.4) is 0 Å². The number of hydrogen-bond donors (Lipinski definition) is 2. The number of nitrogens with one attached hydrogen (secondary N) is 1. The summed E-state index contributed by atoms with van der Waals surface area (Å²) >= 11 is 0. The summed E-state index contributed by atoms with van der Waals surface area (Å²) in [5.74, 6) is -3.87. The van der Waals surface area contributed by atoms with Gasteiger partial charge in [0.15, 0.2) is 17.7 Å². The Balaban J connectivity index is 2.73. The van der Waals surface area contributed by atoms with Gasteiger partial charge in [0, 0.05) is 18.5 Å². The molecular weight excluding hydrogens is 360 g/mol. The minimum atomic E-state index is -2.74. The summed E-state index contributed by atoms with van der Waals surface area (Å²) in [6, 6.07) is 0.549. The maximum Gasteiger partial charge on any atom is 0.346 e. The minimum Gasteiger partial charge on any atom is -0.476 e. The van der Waals surface area contributed by atoms with Gasteiger partial charge in [-0.1, -0.05) is 0 Å². The topological polar surface area (TPSA) is 90.6 Å². The Morgan fingerprint density at radius 2 is 1.92 bits per heavy atom. The Bertz CT molecular complexity index is 643. The van der Waals surface area contributed by atoms with Crippen LogP contribution >= 0.6 is 0 Å². The fourth-order valence-electron chi connectivity index (χ4n) is 2.04. The van der Waals surface area contributed by atoms with Crippen molar-refractivity contribution >= 4 is 11.9 Å². The van der Waals surface area contributed by atoms with Crippen LogP contribution in [0.5, 0.6) is 5.75 Å². The molecule has 10 heteroatoms. The third kappa shape index (κ3) is 6.17. The van der Waals surface area contributed by atoms with E-state index < -0.39 is 48.5 Å². The number of amides is 1. The van der Waals surface area contributed by atoms with Crippen LogP contribution in [0.2, 0.25) is 0 Å². The molecule has 0 aliphatic rings. The molecule has 0 saturated carbocycles. The zero-order valence-corrected chi connectivity index (χ0v) is 14.2. The highest BCUT2D eigenvalue weighted by molar-refractivity contribution is 5.81. The van der Waals surface area contributed by atoms with Gasteiger partial charge >= 0.3 is 5.97 Å². The molecule has 0 radical (unpaired) electrons. The van der Waals surface area contributed by atoms with E-state index in [9.17, 15) is 27.2 Å². The van der Waals surface area contributed by atoms with E-state index in [0.29, 0.717) is 0 Å². The Hall–Kier alpha value is -2.36. The number of esters is 1. The minimum absolute atomic E-state index is 0.223. The highest BCUT2D eigenvalue weighted by Crippen LogP contribution is 2.24. The molecule has 1 rings (SSSR count). The molecule has 0 aromatic heterocycles. The van der Waals surface area contributed by atoms with Crippen LogP contribution in [-0.2, 0) is 20.7 Å². The van der Waals surface area contributed by atoms with E-state index in [1.807, 2.05) is 0 Å². The molecule has 0 spiro atoms. The zero-order valence-electron chi connectivity index (χ0n) is 14.2. The number of alkyl halides is 2. The van der Waals surface area contributed by atoms with Crippen LogP contribution in [0.25, 0.3) is 0 Å². The van der Waals surface area contributed by atoms with Gasteiger partial charge in [-0.15, -0.1) is 0 Å². The van der Waals surface area contributed by atoms with Gasteiger partial charge in [-0.2, -0.15) is 0 Å². The van der Waals surface area contributed by atoms with Crippen LogP contribution in [0.15, 0.2) is 12.1 Å². The molecule has 0 bridgehead atoms. The maximum absolute atomic E-state index is 14.4. The fourth-order valence-corrected chi connectivity index (χ4v) is 2.04. The van der Waals surface area contributed by atoms with Gasteiger partial charge in [0.2, 0.25) is 12.3 Å². The van der Waals surface area contributed by atoms with Crippen molar-refractivity contribution in [3.8, 4) is 5.75 Å². The summed E-state index contributed by atoms with van der Waals surface area (Å²) in [6.07, 6.45) is -4.94. The third-order valence-corrected chi connectivity index (χ3v) is 3.43. The molecule has 0 heterocycles. The quantitative estimate of drug-likeness (QED) is 0.501. The van der Waals surface area contributed by atoms with Gasteiger partial charge in [0.1, 0.15) is 5.82 Å². The molecule has 2 unspecified atom stereocenters. The van der Waals surface area contributed by atoms with E-state index in [1.54, 1.807) is 0 Å². The van der Waals surface area contributed by atoms with Gasteiger partial charge in [0.25, 0.3) is 0 Å². The fraction of sp³-hybridized carbons (Fsp3) is 0.500. The molecule has 0 aliphatic heterocycles. The second-order valence-corrected chi connectivity index (χ2v) is 5.40. The van der Waals surface area contributed by atoms with E-state index in [0.717, 1.165) is 19.2 Å². The molecule has 0 aliphatic carbocycles. The largest absolute Gasteiger partial charge is 0.476 e. The normalized spacial score (nSPS) is 13.2. The number of methoxy groups -OCH3 is 1. The van der Waals surface area contributed by atoms with E-state index in [2.05, 4.69) is 10.1 Å². The first-order valence-electron chi connectivity index (χ1n) is 7.70. The van der Waals surface area contributed by atoms with Crippen molar-refractivity contribution in [2.45, 2.75) is 38.3 Å². The first kappa shape index (κ1) is 21.7. The van der Waals surface area contributed by atoms with Gasteiger partial charge in [-0.05, 0) is 25.5 Å². The van der Waals surface area contributed by atoms with Crippen molar-refractivity contribution < 1.29 is 36.6 Å². The number of hydrogen-bond acceptors (Lipinski definition) is 5. The van der Waals surface area contributed by atoms with Crippen molar-refractivity contribution in [3.05, 3.63) is 29.3 Å². The summed E-state index contributed by atoms with van der Waals surface area (Å²) in [7, 11) is 1.13. The van der Waals surface area contributed by atoms with E-state index in [-0.39, 0.29) is 24.3 Å². The predicted octanol–water partition coefficient (Wildman–Crippen LogP) is 1.55. The first-order chi connectivity index (χ1) is 12.2. The van der Waals surface area contributed by atoms with Gasteiger partial charge in [-0.3, -0.25) is 4.79 Å². The third-order valence-electron chi connectivity index (χ3n) is 3.43. The van der Waals surface area contributed by atoms with Crippen molar-refractivity contribution in [3.63, 3.8) is 0 Å². The second kappa shape index (κ2) is 9.95. The van der Waals surface area contributed by atoms with Crippen molar-refractivity contribution in [2.24, 2.45) is 5.73 Å². The van der Waals surface area contributed by atoms with Gasteiger partial charge in [-0.25, -0.2) is 22.4 Å². The van der Waals surface area contributed by atoms with E-state index >= 15 is 0 Å². The lowest BCUT2D eigenvalue weighted by molar-refractivity contribution is -0.148. The number of nitrogens with two attached hydrogens (primary N) is 1. The molecule has 146 valence electrons. The van der Waals surface area contributed by atoms with Crippen molar-refractivity contribution in [1.29, 1.82) is 0 Å². The smallest absolute Gasteiger partial charge is 0.346 e. The Morgan fingerprint density at radius 3 is 2.50 bits per heavy atom.